The second kappa shape index (κ2) is 11.6. The minimum absolute atomic E-state index is 0.176. The number of aromatic nitrogens is 1. The number of nitrogens with zero attached hydrogens (tertiary/aromatic N) is 3. The second-order valence-electron chi connectivity index (χ2n) is 9.93. The van der Waals surface area contributed by atoms with Crippen molar-refractivity contribution in [3.8, 4) is 0 Å². The molecule has 0 spiro atoms. The zero-order chi connectivity index (χ0) is 24.8. The molecule has 2 fully saturated rings. The van der Waals surface area contributed by atoms with Crippen molar-refractivity contribution in [3.05, 3.63) is 58.9 Å². The van der Waals surface area contributed by atoms with E-state index in [9.17, 15) is 18.0 Å². The van der Waals surface area contributed by atoms with Crippen molar-refractivity contribution >= 4 is 23.2 Å². The maximum absolute atomic E-state index is 13.0. The van der Waals surface area contributed by atoms with E-state index in [0.717, 1.165) is 69.4 Å². The lowest BCUT2D eigenvalue weighted by atomic mass is 9.90. The summed E-state index contributed by atoms with van der Waals surface area (Å²) in [6, 6.07) is 9.17. The molecule has 0 radical (unpaired) electrons. The van der Waals surface area contributed by atoms with Crippen LogP contribution in [0.2, 0.25) is 5.02 Å². The average molecular weight is 508 g/mol. The Kier molecular flexibility index (Phi) is 8.58. The number of benzene rings is 1. The molecule has 0 unspecified atom stereocenters. The van der Waals surface area contributed by atoms with Crippen LogP contribution in [0.1, 0.15) is 56.1 Å². The van der Waals surface area contributed by atoms with Crippen molar-refractivity contribution in [2.24, 2.45) is 11.8 Å². The fourth-order valence-corrected chi connectivity index (χ4v) is 5.50. The number of halogens is 4. The van der Waals surface area contributed by atoms with Gasteiger partial charge in [0, 0.05) is 55.7 Å². The van der Waals surface area contributed by atoms with Gasteiger partial charge in [-0.1, -0.05) is 11.6 Å². The van der Waals surface area contributed by atoms with Crippen molar-refractivity contribution in [2.75, 3.05) is 31.1 Å². The molecule has 1 aromatic heterocycles. The van der Waals surface area contributed by atoms with Crippen LogP contribution in [0, 0.1) is 11.8 Å². The molecule has 2 aliphatic rings. The summed E-state index contributed by atoms with van der Waals surface area (Å²) in [5, 5.41) is 0.751. The summed E-state index contributed by atoms with van der Waals surface area (Å²) >= 11 is 5.99. The summed E-state index contributed by atoms with van der Waals surface area (Å²) in [4.78, 5) is 20.9. The molecule has 0 aliphatic carbocycles. The van der Waals surface area contributed by atoms with E-state index in [1.807, 2.05) is 17.0 Å². The zero-order valence-corrected chi connectivity index (χ0v) is 20.7. The zero-order valence-electron chi connectivity index (χ0n) is 19.9. The van der Waals surface area contributed by atoms with E-state index in [1.165, 1.54) is 18.0 Å². The van der Waals surface area contributed by atoms with Crippen LogP contribution in [0.5, 0.6) is 0 Å². The van der Waals surface area contributed by atoms with E-state index in [4.69, 9.17) is 11.6 Å². The quantitative estimate of drug-likeness (QED) is 0.422. The van der Waals surface area contributed by atoms with Gasteiger partial charge in [-0.15, -0.1) is 0 Å². The van der Waals surface area contributed by atoms with E-state index in [2.05, 4.69) is 22.0 Å². The highest BCUT2D eigenvalue weighted by atomic mass is 35.5. The third-order valence-electron chi connectivity index (χ3n) is 7.33. The predicted octanol–water partition coefficient (Wildman–Crippen LogP) is 6.62. The highest BCUT2D eigenvalue weighted by molar-refractivity contribution is 6.30. The molecule has 2 aromatic rings. The molecule has 1 amide bonds. The van der Waals surface area contributed by atoms with Crippen LogP contribution in [0.3, 0.4) is 0 Å². The summed E-state index contributed by atoms with van der Waals surface area (Å²) in [5.74, 6) is 1.000. The third-order valence-corrected chi connectivity index (χ3v) is 7.58. The summed E-state index contributed by atoms with van der Waals surface area (Å²) in [7, 11) is 0. The average Bonchev–Trinajstić information content (AvgIpc) is 2.85. The van der Waals surface area contributed by atoms with Crippen LogP contribution in [-0.4, -0.2) is 42.0 Å². The predicted molar refractivity (Wildman–Crippen MR) is 132 cm³/mol. The molecule has 2 aliphatic heterocycles. The fraction of sp³-hybridized carbons (Fsp3) is 0.556. The van der Waals surface area contributed by atoms with Gasteiger partial charge in [-0.2, -0.15) is 13.2 Å². The van der Waals surface area contributed by atoms with Crippen LogP contribution in [-0.2, 0) is 17.4 Å². The number of carbonyl (C=O) groups excluding carboxylic acids is 1. The molecule has 4 nitrogen and oxygen atoms in total. The summed E-state index contributed by atoms with van der Waals surface area (Å²) in [6.07, 6.45) is 5.10. The number of pyridine rings is 1. The maximum Gasteiger partial charge on any atom is 0.417 e. The van der Waals surface area contributed by atoms with Crippen LogP contribution < -0.4 is 4.90 Å². The monoisotopic (exact) mass is 507 g/mol. The summed E-state index contributed by atoms with van der Waals surface area (Å²) in [6.45, 7) is 3.42. The molecule has 1 aromatic carbocycles. The van der Waals surface area contributed by atoms with Crippen molar-refractivity contribution in [3.63, 3.8) is 0 Å². The number of likely N-dealkylation sites (tertiary alicyclic amines) is 1. The van der Waals surface area contributed by atoms with Gasteiger partial charge in [0.25, 0.3) is 0 Å². The number of hydrogen-bond acceptors (Lipinski definition) is 3. The van der Waals surface area contributed by atoms with Gasteiger partial charge in [-0.25, -0.2) is 0 Å². The molecule has 3 heterocycles. The first-order valence-electron chi connectivity index (χ1n) is 12.6. The highest BCUT2D eigenvalue weighted by Gasteiger charge is 2.31. The largest absolute Gasteiger partial charge is 0.417 e. The summed E-state index contributed by atoms with van der Waals surface area (Å²) in [5.41, 5.74) is 1.09. The Morgan fingerprint density at radius 1 is 1.03 bits per heavy atom. The molecule has 190 valence electrons. The number of carbonyl (C=O) groups is 1. The number of rotatable bonds is 7. The van der Waals surface area contributed by atoms with E-state index in [0.29, 0.717) is 30.9 Å². The van der Waals surface area contributed by atoms with Gasteiger partial charge < -0.3 is 9.80 Å². The Balaban J connectivity index is 1.18. The Morgan fingerprint density at radius 3 is 2.49 bits per heavy atom. The van der Waals surface area contributed by atoms with E-state index >= 15 is 0 Å². The van der Waals surface area contributed by atoms with Gasteiger partial charge in [-0.3, -0.25) is 9.78 Å². The second-order valence-corrected chi connectivity index (χ2v) is 10.4. The first kappa shape index (κ1) is 25.8. The molecular weight excluding hydrogens is 475 g/mol. The number of hydrogen-bond donors (Lipinski definition) is 0. The smallest absolute Gasteiger partial charge is 0.372 e. The van der Waals surface area contributed by atoms with Gasteiger partial charge >= 0.3 is 6.18 Å². The van der Waals surface area contributed by atoms with Gasteiger partial charge in [0.15, 0.2) is 0 Å². The van der Waals surface area contributed by atoms with E-state index in [-0.39, 0.29) is 11.8 Å². The Hall–Kier alpha value is -2.28. The molecule has 4 rings (SSSR count). The van der Waals surface area contributed by atoms with Crippen molar-refractivity contribution < 1.29 is 18.0 Å². The minimum Gasteiger partial charge on any atom is -0.372 e. The standard InChI is InChI=1S/C27H33ClF3N3O/c28-24-6-8-25(9-7-24)33-13-10-20(11-14-33)3-1-5-26(35)34-12-2-4-21(19-34)15-22-16-23(18-32-17-22)27(29,30)31/h6-9,16-18,20-21H,1-5,10-15,19H2/t21-/m1/s1. The van der Waals surface area contributed by atoms with Crippen molar-refractivity contribution in [1.82, 2.24) is 9.88 Å². The molecule has 1 atom stereocenters. The topological polar surface area (TPSA) is 36.4 Å². The Labute approximate surface area is 210 Å². The molecule has 35 heavy (non-hydrogen) atoms. The normalized spacial score (nSPS) is 19.7. The van der Waals surface area contributed by atoms with Crippen LogP contribution in [0.25, 0.3) is 0 Å². The molecule has 8 heteroatoms. The Morgan fingerprint density at radius 2 is 1.77 bits per heavy atom. The first-order valence-corrected chi connectivity index (χ1v) is 12.9. The van der Waals surface area contributed by atoms with Gasteiger partial charge in [-0.05, 0) is 92.7 Å². The highest BCUT2D eigenvalue weighted by Crippen LogP contribution is 2.31. The lowest BCUT2D eigenvalue weighted by Gasteiger charge is -2.34. The van der Waals surface area contributed by atoms with Gasteiger partial charge in [0.2, 0.25) is 5.91 Å². The molecular formula is C27H33ClF3N3O. The van der Waals surface area contributed by atoms with Crippen LogP contribution >= 0.6 is 11.6 Å². The number of anilines is 1. The lowest BCUT2D eigenvalue weighted by Crippen LogP contribution is -2.40. The van der Waals surface area contributed by atoms with Crippen molar-refractivity contribution in [1.29, 1.82) is 0 Å². The number of amides is 1. The number of alkyl halides is 3. The SMILES string of the molecule is O=C(CCCC1CCN(c2ccc(Cl)cc2)CC1)N1CCC[C@H](Cc2cncc(C(F)(F)F)c2)C1. The van der Waals surface area contributed by atoms with Crippen LogP contribution in [0.15, 0.2) is 42.7 Å². The summed E-state index contributed by atoms with van der Waals surface area (Å²) < 4.78 is 38.9. The molecule has 0 bridgehead atoms. The van der Waals surface area contributed by atoms with Gasteiger partial charge in [0.05, 0.1) is 5.56 Å². The van der Waals surface area contributed by atoms with Crippen LogP contribution in [0.4, 0.5) is 18.9 Å². The molecule has 2 saturated heterocycles. The Bertz CT molecular complexity index is 974. The molecule has 0 saturated carbocycles. The van der Waals surface area contributed by atoms with E-state index < -0.39 is 11.7 Å². The van der Waals surface area contributed by atoms with E-state index in [1.54, 1.807) is 0 Å². The third kappa shape index (κ3) is 7.35. The first-order chi connectivity index (χ1) is 16.8. The maximum atomic E-state index is 13.0. The minimum atomic E-state index is -4.38. The molecule has 0 N–H and O–H groups in total. The van der Waals surface area contributed by atoms with Crippen molar-refractivity contribution in [2.45, 2.75) is 57.5 Å². The van der Waals surface area contributed by atoms with Gasteiger partial charge in [0.1, 0.15) is 0 Å². The lowest BCUT2D eigenvalue weighted by molar-refractivity contribution is -0.137. The number of piperidine rings is 2. The fourth-order valence-electron chi connectivity index (χ4n) is 5.38.